The van der Waals surface area contributed by atoms with Crippen LogP contribution < -0.4 is 5.32 Å². The molecule has 0 saturated carbocycles. The van der Waals surface area contributed by atoms with E-state index < -0.39 is 30.1 Å². The number of carbonyl (C=O) groups excluding carboxylic acids is 3. The molecule has 5 nitrogen and oxygen atoms in total. The lowest BCUT2D eigenvalue weighted by atomic mass is 10.1. The van der Waals surface area contributed by atoms with Crippen LogP contribution in [0, 0.1) is 5.82 Å². The number of benzene rings is 2. The van der Waals surface area contributed by atoms with Gasteiger partial charge in [0.1, 0.15) is 12.4 Å². The molecule has 2 aromatic carbocycles. The van der Waals surface area contributed by atoms with E-state index in [4.69, 9.17) is 4.74 Å². The van der Waals surface area contributed by atoms with E-state index in [1.807, 2.05) is 30.3 Å². The summed E-state index contributed by atoms with van der Waals surface area (Å²) in [6.07, 6.45) is 2.91. The fourth-order valence-electron chi connectivity index (χ4n) is 1.87. The first-order valence-corrected chi connectivity index (χ1v) is 7.50. The SMILES string of the molecule is O=C(/C=C/c1ccccc1)NCC(=O)OCC(=O)c1ccc(F)cc1. The van der Waals surface area contributed by atoms with E-state index >= 15 is 0 Å². The van der Waals surface area contributed by atoms with Crippen LogP contribution in [-0.2, 0) is 14.3 Å². The molecule has 0 fully saturated rings. The lowest BCUT2D eigenvalue weighted by Gasteiger charge is -2.05. The van der Waals surface area contributed by atoms with Gasteiger partial charge >= 0.3 is 5.97 Å². The summed E-state index contributed by atoms with van der Waals surface area (Å²) in [5, 5.41) is 2.36. The molecule has 0 saturated heterocycles. The van der Waals surface area contributed by atoms with E-state index in [1.54, 1.807) is 6.08 Å². The Morgan fingerprint density at radius 2 is 1.68 bits per heavy atom. The van der Waals surface area contributed by atoms with E-state index in [0.29, 0.717) is 0 Å². The number of hydrogen-bond acceptors (Lipinski definition) is 4. The fourth-order valence-corrected chi connectivity index (χ4v) is 1.87. The molecule has 0 aliphatic heterocycles. The lowest BCUT2D eigenvalue weighted by Crippen LogP contribution is -2.30. The molecular formula is C19H16FNO4. The Hall–Kier alpha value is -3.28. The Morgan fingerprint density at radius 1 is 1.00 bits per heavy atom. The van der Waals surface area contributed by atoms with Crippen LogP contribution in [0.2, 0.25) is 0 Å². The lowest BCUT2D eigenvalue weighted by molar-refractivity contribution is -0.142. The Balaban J connectivity index is 1.71. The van der Waals surface area contributed by atoms with Crippen LogP contribution in [0.25, 0.3) is 6.08 Å². The first-order valence-electron chi connectivity index (χ1n) is 7.50. The Labute approximate surface area is 144 Å². The standard InChI is InChI=1S/C19H16FNO4/c20-16-9-7-15(8-10-16)17(22)13-25-19(24)12-21-18(23)11-6-14-4-2-1-3-5-14/h1-11H,12-13H2,(H,21,23)/b11-6+. The summed E-state index contributed by atoms with van der Waals surface area (Å²) >= 11 is 0. The van der Waals surface area contributed by atoms with Gasteiger partial charge < -0.3 is 10.1 Å². The zero-order valence-electron chi connectivity index (χ0n) is 13.3. The van der Waals surface area contributed by atoms with Crippen molar-refractivity contribution in [3.05, 3.63) is 77.6 Å². The van der Waals surface area contributed by atoms with Crippen LogP contribution in [0.5, 0.6) is 0 Å². The summed E-state index contributed by atoms with van der Waals surface area (Å²) in [6.45, 7) is -0.825. The molecule has 0 aliphatic rings. The van der Waals surface area contributed by atoms with Crippen molar-refractivity contribution < 1.29 is 23.5 Å². The van der Waals surface area contributed by atoms with Gasteiger partial charge in [0.25, 0.3) is 0 Å². The highest BCUT2D eigenvalue weighted by atomic mass is 19.1. The maximum atomic E-state index is 12.8. The smallest absolute Gasteiger partial charge is 0.325 e. The number of amides is 1. The Bertz CT molecular complexity index is 770. The number of ether oxygens (including phenoxy) is 1. The van der Waals surface area contributed by atoms with E-state index in [2.05, 4.69) is 5.32 Å². The summed E-state index contributed by atoms with van der Waals surface area (Å²) < 4.78 is 17.5. The van der Waals surface area contributed by atoms with Crippen LogP contribution in [-0.4, -0.2) is 30.8 Å². The van der Waals surface area contributed by atoms with Crippen LogP contribution in [0.4, 0.5) is 4.39 Å². The quantitative estimate of drug-likeness (QED) is 0.477. The van der Waals surface area contributed by atoms with Crippen molar-refractivity contribution in [1.82, 2.24) is 5.32 Å². The zero-order chi connectivity index (χ0) is 18.1. The van der Waals surface area contributed by atoms with Gasteiger partial charge in [0.15, 0.2) is 12.4 Å². The number of halogens is 1. The second-order valence-electron chi connectivity index (χ2n) is 5.05. The molecule has 0 aliphatic carbocycles. The highest BCUT2D eigenvalue weighted by molar-refractivity contribution is 5.98. The van der Waals surface area contributed by atoms with Gasteiger partial charge in [0.05, 0.1) is 0 Å². The number of Topliss-reactive ketones (excluding diaryl/α,β-unsaturated/α-hetero) is 1. The molecule has 1 N–H and O–H groups in total. The normalized spacial score (nSPS) is 10.4. The van der Waals surface area contributed by atoms with Gasteiger partial charge in [-0.3, -0.25) is 14.4 Å². The molecule has 0 bridgehead atoms. The molecule has 0 spiro atoms. The summed E-state index contributed by atoms with van der Waals surface area (Å²) in [6, 6.07) is 14.1. The third-order valence-electron chi connectivity index (χ3n) is 3.16. The molecule has 1 amide bonds. The molecule has 6 heteroatoms. The summed E-state index contributed by atoms with van der Waals surface area (Å²) in [5.41, 5.74) is 1.09. The molecule has 0 aromatic heterocycles. The molecule has 2 aromatic rings. The van der Waals surface area contributed by atoms with Crippen molar-refractivity contribution in [2.75, 3.05) is 13.2 Å². The van der Waals surface area contributed by atoms with Gasteiger partial charge in [0.2, 0.25) is 5.91 Å². The van der Waals surface area contributed by atoms with Crippen molar-refractivity contribution in [1.29, 1.82) is 0 Å². The van der Waals surface area contributed by atoms with Crippen molar-refractivity contribution in [2.45, 2.75) is 0 Å². The van der Waals surface area contributed by atoms with Gasteiger partial charge in [-0.1, -0.05) is 30.3 Å². The molecule has 25 heavy (non-hydrogen) atoms. The summed E-state index contributed by atoms with van der Waals surface area (Å²) in [7, 11) is 0. The van der Waals surface area contributed by atoms with Crippen molar-refractivity contribution in [3.8, 4) is 0 Å². The molecule has 0 atom stereocenters. The minimum absolute atomic E-state index is 0.240. The van der Waals surface area contributed by atoms with E-state index in [1.165, 1.54) is 18.2 Å². The predicted molar refractivity (Wildman–Crippen MR) is 90.2 cm³/mol. The first kappa shape index (κ1) is 18.1. The monoisotopic (exact) mass is 341 g/mol. The number of ketones is 1. The van der Waals surface area contributed by atoms with Crippen molar-refractivity contribution in [3.63, 3.8) is 0 Å². The molecule has 2 rings (SSSR count). The largest absolute Gasteiger partial charge is 0.456 e. The highest BCUT2D eigenvalue weighted by Crippen LogP contribution is 2.04. The van der Waals surface area contributed by atoms with E-state index in [9.17, 15) is 18.8 Å². The fraction of sp³-hybridized carbons (Fsp3) is 0.105. The van der Waals surface area contributed by atoms with Crippen LogP contribution >= 0.6 is 0 Å². The van der Waals surface area contributed by atoms with Crippen LogP contribution in [0.15, 0.2) is 60.7 Å². The second kappa shape index (κ2) is 9.12. The molecular weight excluding hydrogens is 325 g/mol. The number of carbonyl (C=O) groups is 3. The average molecular weight is 341 g/mol. The van der Waals surface area contributed by atoms with E-state index in [-0.39, 0.29) is 12.1 Å². The highest BCUT2D eigenvalue weighted by Gasteiger charge is 2.10. The summed E-state index contributed by atoms with van der Waals surface area (Å²) in [4.78, 5) is 34.9. The zero-order valence-corrected chi connectivity index (χ0v) is 13.3. The van der Waals surface area contributed by atoms with Gasteiger partial charge in [0, 0.05) is 11.6 Å². The van der Waals surface area contributed by atoms with Gasteiger partial charge in [-0.15, -0.1) is 0 Å². The average Bonchev–Trinajstić information content (AvgIpc) is 2.64. The summed E-state index contributed by atoms with van der Waals surface area (Å²) in [5.74, 6) is -2.11. The Kier molecular flexibility index (Phi) is 6.59. The van der Waals surface area contributed by atoms with Gasteiger partial charge in [-0.05, 0) is 35.9 Å². The van der Waals surface area contributed by atoms with Crippen LogP contribution in [0.1, 0.15) is 15.9 Å². The Morgan fingerprint density at radius 3 is 2.36 bits per heavy atom. The third-order valence-corrected chi connectivity index (χ3v) is 3.16. The van der Waals surface area contributed by atoms with Gasteiger partial charge in [-0.2, -0.15) is 0 Å². The predicted octanol–water partition coefficient (Wildman–Crippen LogP) is 2.38. The molecule has 0 heterocycles. The van der Waals surface area contributed by atoms with E-state index in [0.717, 1.165) is 17.7 Å². The number of nitrogens with one attached hydrogen (secondary N) is 1. The minimum Gasteiger partial charge on any atom is -0.456 e. The number of esters is 1. The number of rotatable bonds is 7. The molecule has 0 radical (unpaired) electrons. The minimum atomic E-state index is -0.739. The molecule has 128 valence electrons. The second-order valence-corrected chi connectivity index (χ2v) is 5.05. The maximum absolute atomic E-state index is 12.8. The number of hydrogen-bond donors (Lipinski definition) is 1. The molecule has 0 unspecified atom stereocenters. The van der Waals surface area contributed by atoms with Crippen LogP contribution in [0.3, 0.4) is 0 Å². The van der Waals surface area contributed by atoms with Crippen molar-refractivity contribution in [2.24, 2.45) is 0 Å². The first-order chi connectivity index (χ1) is 12.0. The van der Waals surface area contributed by atoms with Gasteiger partial charge in [-0.25, -0.2) is 4.39 Å². The maximum Gasteiger partial charge on any atom is 0.325 e. The topological polar surface area (TPSA) is 72.5 Å². The third kappa shape index (κ3) is 6.39. The van der Waals surface area contributed by atoms with Crippen molar-refractivity contribution >= 4 is 23.7 Å².